The summed E-state index contributed by atoms with van der Waals surface area (Å²) in [5.41, 5.74) is 0. The molecule has 0 spiro atoms. The molecular weight excluding hydrogens is 240 g/mol. The highest BCUT2D eigenvalue weighted by Gasteiger charge is 2.23. The largest absolute Gasteiger partial charge is 0.353 e. The smallest absolute Gasteiger partial charge is 0.224 e. The van der Waals surface area contributed by atoms with Crippen LogP contribution in [0.25, 0.3) is 0 Å². The quantitative estimate of drug-likeness (QED) is 0.737. The predicted molar refractivity (Wildman–Crippen MR) is 77.1 cm³/mol. The Labute approximate surface area is 116 Å². The zero-order valence-corrected chi connectivity index (χ0v) is 12.3. The zero-order valence-electron chi connectivity index (χ0n) is 12.3. The van der Waals surface area contributed by atoms with Crippen molar-refractivity contribution in [3.8, 4) is 0 Å². The maximum Gasteiger partial charge on any atom is 0.224 e. The highest BCUT2D eigenvalue weighted by molar-refractivity contribution is 5.78. The molecule has 2 rings (SSSR count). The third-order valence-electron chi connectivity index (χ3n) is 4.25. The first-order valence-electron chi connectivity index (χ1n) is 7.57. The summed E-state index contributed by atoms with van der Waals surface area (Å²) in [5.74, 6) is 0.325. The second-order valence-corrected chi connectivity index (χ2v) is 6.04. The van der Waals surface area contributed by atoms with E-state index in [0.29, 0.717) is 6.04 Å². The van der Waals surface area contributed by atoms with Gasteiger partial charge in [0.25, 0.3) is 0 Å². The van der Waals surface area contributed by atoms with E-state index in [9.17, 15) is 4.79 Å². The van der Waals surface area contributed by atoms with E-state index < -0.39 is 0 Å². The van der Waals surface area contributed by atoms with Crippen molar-refractivity contribution >= 4 is 5.91 Å². The Balaban J connectivity index is 1.69. The molecule has 0 saturated carbocycles. The third-order valence-corrected chi connectivity index (χ3v) is 4.25. The monoisotopic (exact) mass is 268 g/mol. The van der Waals surface area contributed by atoms with Gasteiger partial charge in [0.05, 0.1) is 0 Å². The van der Waals surface area contributed by atoms with Crippen LogP contribution in [-0.4, -0.2) is 74.6 Å². The Kier molecular flexibility index (Phi) is 5.60. The van der Waals surface area contributed by atoms with E-state index in [1.165, 1.54) is 0 Å². The van der Waals surface area contributed by atoms with E-state index in [4.69, 9.17) is 0 Å². The molecule has 0 aromatic carbocycles. The van der Waals surface area contributed by atoms with Crippen LogP contribution in [0.4, 0.5) is 0 Å². The van der Waals surface area contributed by atoms with Crippen LogP contribution in [0.15, 0.2) is 0 Å². The lowest BCUT2D eigenvalue weighted by Gasteiger charge is -2.32. The molecular formula is C14H28N4O. The molecule has 0 aliphatic carbocycles. The average molecular weight is 268 g/mol. The molecule has 0 aromatic rings. The van der Waals surface area contributed by atoms with Crippen LogP contribution in [0.3, 0.4) is 0 Å². The Hall–Kier alpha value is -0.650. The lowest BCUT2D eigenvalue weighted by molar-refractivity contribution is -0.126. The maximum absolute atomic E-state index is 12.2. The summed E-state index contributed by atoms with van der Waals surface area (Å²) in [7, 11) is 2.14. The molecule has 110 valence electrons. The van der Waals surface area contributed by atoms with Crippen molar-refractivity contribution in [2.24, 2.45) is 5.92 Å². The molecule has 0 radical (unpaired) electrons. The van der Waals surface area contributed by atoms with Crippen LogP contribution in [0.5, 0.6) is 0 Å². The molecule has 2 fully saturated rings. The molecule has 1 unspecified atom stereocenters. The first kappa shape index (κ1) is 14.8. The van der Waals surface area contributed by atoms with Crippen LogP contribution in [0.2, 0.25) is 0 Å². The topological polar surface area (TPSA) is 47.6 Å². The van der Waals surface area contributed by atoms with Gasteiger partial charge < -0.3 is 20.4 Å². The van der Waals surface area contributed by atoms with Crippen molar-refractivity contribution in [1.82, 2.24) is 20.4 Å². The summed E-state index contributed by atoms with van der Waals surface area (Å²) in [4.78, 5) is 16.9. The van der Waals surface area contributed by atoms with E-state index in [0.717, 1.165) is 58.7 Å². The maximum atomic E-state index is 12.2. The number of piperidine rings is 1. The van der Waals surface area contributed by atoms with Crippen molar-refractivity contribution in [3.05, 3.63) is 0 Å². The van der Waals surface area contributed by atoms with Gasteiger partial charge in [0, 0.05) is 44.7 Å². The second-order valence-electron chi connectivity index (χ2n) is 6.04. The van der Waals surface area contributed by atoms with Crippen molar-refractivity contribution in [2.45, 2.75) is 25.8 Å². The van der Waals surface area contributed by atoms with Gasteiger partial charge in [-0.1, -0.05) is 6.92 Å². The van der Waals surface area contributed by atoms with E-state index in [-0.39, 0.29) is 11.8 Å². The highest BCUT2D eigenvalue weighted by atomic mass is 16.1. The van der Waals surface area contributed by atoms with Crippen molar-refractivity contribution < 1.29 is 4.79 Å². The molecule has 5 nitrogen and oxygen atoms in total. The molecule has 1 amide bonds. The molecule has 2 aliphatic rings. The molecule has 2 N–H and O–H groups in total. The lowest BCUT2D eigenvalue weighted by Crippen LogP contribution is -2.49. The number of carbonyl (C=O) groups excluding carboxylic acids is 1. The van der Waals surface area contributed by atoms with Gasteiger partial charge in [0.2, 0.25) is 5.91 Å². The van der Waals surface area contributed by atoms with Crippen LogP contribution < -0.4 is 10.6 Å². The standard InChI is InChI=1S/C14H28N4O/c1-12(11-18-9-5-15-6-10-18)14(19)16-13-3-7-17(2)8-4-13/h12-13,15H,3-11H2,1-2H3,(H,16,19). The van der Waals surface area contributed by atoms with Gasteiger partial charge in [-0.05, 0) is 33.0 Å². The van der Waals surface area contributed by atoms with Crippen LogP contribution >= 0.6 is 0 Å². The summed E-state index contributed by atoms with van der Waals surface area (Å²) < 4.78 is 0. The van der Waals surface area contributed by atoms with Gasteiger partial charge in [-0.15, -0.1) is 0 Å². The molecule has 0 bridgehead atoms. The first-order chi connectivity index (χ1) is 9.15. The second kappa shape index (κ2) is 7.22. The van der Waals surface area contributed by atoms with Crippen molar-refractivity contribution in [1.29, 1.82) is 0 Å². The number of nitrogens with one attached hydrogen (secondary N) is 2. The molecule has 2 saturated heterocycles. The minimum Gasteiger partial charge on any atom is -0.353 e. The van der Waals surface area contributed by atoms with Gasteiger partial charge in [-0.2, -0.15) is 0 Å². The highest BCUT2D eigenvalue weighted by Crippen LogP contribution is 2.10. The summed E-state index contributed by atoms with van der Waals surface area (Å²) in [6, 6.07) is 0.383. The Morgan fingerprint density at radius 3 is 2.53 bits per heavy atom. The molecule has 2 heterocycles. The summed E-state index contributed by atoms with van der Waals surface area (Å²) >= 11 is 0. The molecule has 2 aliphatic heterocycles. The zero-order chi connectivity index (χ0) is 13.7. The normalized spacial score (nSPS) is 25.2. The van der Waals surface area contributed by atoms with Crippen LogP contribution in [0, 0.1) is 5.92 Å². The summed E-state index contributed by atoms with van der Waals surface area (Å²) in [6.45, 7) is 9.34. The number of likely N-dealkylation sites (tertiary alicyclic amines) is 1. The fourth-order valence-electron chi connectivity index (χ4n) is 2.86. The third kappa shape index (κ3) is 4.75. The lowest BCUT2D eigenvalue weighted by atomic mass is 10.0. The minimum atomic E-state index is 0.0951. The van der Waals surface area contributed by atoms with Crippen molar-refractivity contribution in [2.75, 3.05) is 52.9 Å². The van der Waals surface area contributed by atoms with E-state index >= 15 is 0 Å². The van der Waals surface area contributed by atoms with Gasteiger partial charge in [-0.3, -0.25) is 4.79 Å². The fourth-order valence-corrected chi connectivity index (χ4v) is 2.86. The average Bonchev–Trinajstić information content (AvgIpc) is 2.42. The van der Waals surface area contributed by atoms with Gasteiger partial charge in [0.15, 0.2) is 0 Å². The van der Waals surface area contributed by atoms with E-state index in [1.54, 1.807) is 0 Å². The van der Waals surface area contributed by atoms with Gasteiger partial charge >= 0.3 is 0 Å². The van der Waals surface area contributed by atoms with Crippen LogP contribution in [-0.2, 0) is 4.79 Å². The summed E-state index contributed by atoms with van der Waals surface area (Å²) in [5, 5.41) is 6.56. The summed E-state index contributed by atoms with van der Waals surface area (Å²) in [6.07, 6.45) is 2.17. The predicted octanol–water partition coefficient (Wildman–Crippen LogP) is -0.262. The SMILES string of the molecule is CC(CN1CCNCC1)C(=O)NC1CCN(C)CC1. The van der Waals surface area contributed by atoms with Gasteiger partial charge in [-0.25, -0.2) is 0 Å². The number of rotatable bonds is 4. The number of piperazine rings is 1. The number of amides is 1. The molecule has 5 heteroatoms. The number of hydrogen-bond acceptors (Lipinski definition) is 4. The first-order valence-corrected chi connectivity index (χ1v) is 7.57. The van der Waals surface area contributed by atoms with Crippen LogP contribution in [0.1, 0.15) is 19.8 Å². The molecule has 19 heavy (non-hydrogen) atoms. The Bertz CT molecular complexity index is 283. The Morgan fingerprint density at radius 2 is 1.89 bits per heavy atom. The minimum absolute atomic E-state index is 0.0951. The fraction of sp³-hybridized carbons (Fsp3) is 0.929. The number of nitrogens with zero attached hydrogens (tertiary/aromatic N) is 2. The molecule has 0 aromatic heterocycles. The van der Waals surface area contributed by atoms with Gasteiger partial charge in [0.1, 0.15) is 0 Å². The Morgan fingerprint density at radius 1 is 1.26 bits per heavy atom. The van der Waals surface area contributed by atoms with E-state index in [2.05, 4.69) is 27.5 Å². The molecule has 1 atom stereocenters. The number of carbonyl (C=O) groups is 1. The number of hydrogen-bond donors (Lipinski definition) is 2. The van der Waals surface area contributed by atoms with Crippen molar-refractivity contribution in [3.63, 3.8) is 0 Å². The van der Waals surface area contributed by atoms with E-state index in [1.807, 2.05) is 6.92 Å².